The van der Waals surface area contributed by atoms with Crippen molar-refractivity contribution < 1.29 is 35.0 Å². The third-order valence-corrected chi connectivity index (χ3v) is 8.05. The van der Waals surface area contributed by atoms with Crippen molar-refractivity contribution in [2.45, 2.75) is 20.8 Å². The van der Waals surface area contributed by atoms with E-state index in [0.717, 1.165) is 34.2 Å². The van der Waals surface area contributed by atoms with Gasteiger partial charge in [0, 0.05) is 0 Å². The molecule has 212 valence electrons. The number of fused-ring (bicyclic) bond motifs is 2. The standard InChI is InChI=1S/C21H17O.C20H15O.Zr/c1-14-8-10-17-12-18(20-11-9-15(2)22-20)13-19(17)21(14)16-6-4-3-5-7-16;1-14-10-11-20(21-14)17-12-16-8-5-9-18(19(16)13-17)15-6-3-2-4-7-15;/h3-13H,1-2H3;2-13H,1H3;/q2*-1;+2. The Hall–Kier alpha value is -4.46. The van der Waals surface area contributed by atoms with Crippen LogP contribution in [-0.4, -0.2) is 0 Å². The molecule has 0 unspecified atom stereocenters. The van der Waals surface area contributed by atoms with E-state index in [2.05, 4.69) is 116 Å². The van der Waals surface area contributed by atoms with Crippen LogP contribution >= 0.6 is 0 Å². The minimum atomic E-state index is 0. The van der Waals surface area contributed by atoms with E-state index in [1.807, 2.05) is 44.2 Å². The number of hydrogen-bond donors (Lipinski definition) is 0. The van der Waals surface area contributed by atoms with E-state index in [1.54, 1.807) is 0 Å². The molecule has 6 aromatic carbocycles. The van der Waals surface area contributed by atoms with Crippen LogP contribution in [0.5, 0.6) is 0 Å². The Morgan fingerprint density at radius 3 is 1.59 bits per heavy atom. The molecule has 0 bridgehead atoms. The summed E-state index contributed by atoms with van der Waals surface area (Å²) >= 11 is 0. The van der Waals surface area contributed by atoms with Crippen molar-refractivity contribution in [1.29, 1.82) is 0 Å². The van der Waals surface area contributed by atoms with E-state index < -0.39 is 0 Å². The largest absolute Gasteiger partial charge is 2.00 e. The van der Waals surface area contributed by atoms with Gasteiger partial charge in [0.25, 0.3) is 0 Å². The van der Waals surface area contributed by atoms with Gasteiger partial charge in [0.15, 0.2) is 0 Å². The molecule has 8 rings (SSSR count). The average molecular weight is 648 g/mol. The summed E-state index contributed by atoms with van der Waals surface area (Å²) in [5, 5.41) is 5.07. The first-order valence-electron chi connectivity index (χ1n) is 14.7. The SMILES string of the molecule is Cc1ccc(-c2cc3c(-c4ccccc4)c(C)ccc3[cH-]2)o1.Cc1ccc(-c2cc3c(-c4ccccc4)cccc3[cH-]2)o1.[Zr+2]. The molecule has 0 radical (unpaired) electrons. The molecule has 2 heterocycles. The molecule has 0 aliphatic carbocycles. The van der Waals surface area contributed by atoms with Crippen molar-refractivity contribution >= 4 is 21.5 Å². The molecule has 0 atom stereocenters. The third kappa shape index (κ3) is 5.85. The molecular weight excluding hydrogens is 616 g/mol. The van der Waals surface area contributed by atoms with Crippen molar-refractivity contribution in [3.05, 3.63) is 157 Å². The summed E-state index contributed by atoms with van der Waals surface area (Å²) in [6.45, 7) is 6.12. The molecule has 2 nitrogen and oxygen atoms in total. The van der Waals surface area contributed by atoms with E-state index in [4.69, 9.17) is 8.83 Å². The quantitative estimate of drug-likeness (QED) is 0.178. The Morgan fingerprint density at radius 2 is 1.02 bits per heavy atom. The van der Waals surface area contributed by atoms with Crippen molar-refractivity contribution in [3.8, 4) is 44.9 Å². The second-order valence-corrected chi connectivity index (χ2v) is 11.1. The summed E-state index contributed by atoms with van der Waals surface area (Å²) in [4.78, 5) is 0. The van der Waals surface area contributed by atoms with Crippen molar-refractivity contribution in [1.82, 2.24) is 0 Å². The van der Waals surface area contributed by atoms with Crippen LogP contribution in [0.2, 0.25) is 0 Å². The van der Waals surface area contributed by atoms with Gasteiger partial charge in [-0.2, -0.15) is 0 Å². The Kier molecular flexibility index (Phi) is 8.51. The van der Waals surface area contributed by atoms with Crippen LogP contribution in [0.3, 0.4) is 0 Å². The fourth-order valence-corrected chi connectivity index (χ4v) is 5.95. The first-order chi connectivity index (χ1) is 21.0. The Morgan fingerprint density at radius 1 is 0.477 bits per heavy atom. The number of hydrogen-bond acceptors (Lipinski definition) is 2. The molecule has 0 amide bonds. The van der Waals surface area contributed by atoms with Crippen LogP contribution in [0.15, 0.2) is 148 Å². The van der Waals surface area contributed by atoms with Gasteiger partial charge in [-0.25, -0.2) is 0 Å². The van der Waals surface area contributed by atoms with Crippen LogP contribution in [0.25, 0.3) is 66.4 Å². The first kappa shape index (κ1) is 29.6. The van der Waals surface area contributed by atoms with E-state index in [9.17, 15) is 0 Å². The maximum absolute atomic E-state index is 5.77. The van der Waals surface area contributed by atoms with Crippen LogP contribution in [0.1, 0.15) is 17.1 Å². The zero-order valence-electron chi connectivity index (χ0n) is 25.1. The monoisotopic (exact) mass is 646 g/mol. The summed E-state index contributed by atoms with van der Waals surface area (Å²) < 4.78 is 11.5. The molecule has 0 saturated heterocycles. The molecule has 0 spiro atoms. The van der Waals surface area contributed by atoms with Gasteiger partial charge >= 0.3 is 26.2 Å². The second-order valence-electron chi connectivity index (χ2n) is 11.1. The van der Waals surface area contributed by atoms with Gasteiger partial charge in [-0.3, -0.25) is 0 Å². The summed E-state index contributed by atoms with van der Waals surface area (Å²) in [5.41, 5.74) is 8.67. The summed E-state index contributed by atoms with van der Waals surface area (Å²) in [6.07, 6.45) is 0. The van der Waals surface area contributed by atoms with Crippen LogP contribution < -0.4 is 0 Å². The molecule has 44 heavy (non-hydrogen) atoms. The molecule has 0 aliphatic heterocycles. The normalized spacial score (nSPS) is 10.9. The molecular formula is C41H32O2Zr. The van der Waals surface area contributed by atoms with Gasteiger partial charge in [0.05, 0.1) is 23.0 Å². The van der Waals surface area contributed by atoms with Crippen LogP contribution in [0.4, 0.5) is 0 Å². The van der Waals surface area contributed by atoms with Gasteiger partial charge in [-0.1, -0.05) is 101 Å². The summed E-state index contributed by atoms with van der Waals surface area (Å²) in [7, 11) is 0. The predicted octanol–water partition coefficient (Wildman–Crippen LogP) is 11.9. The number of rotatable bonds is 4. The molecule has 8 aromatic rings. The zero-order valence-corrected chi connectivity index (χ0v) is 27.6. The number of benzene rings is 4. The average Bonchev–Trinajstić information content (AvgIpc) is 3.84. The van der Waals surface area contributed by atoms with Crippen molar-refractivity contribution in [3.63, 3.8) is 0 Å². The first-order valence-corrected chi connectivity index (χ1v) is 14.7. The molecule has 3 heteroatoms. The second kappa shape index (κ2) is 12.6. The molecule has 0 N–H and O–H groups in total. The van der Waals surface area contributed by atoms with Gasteiger partial charge in [0.2, 0.25) is 0 Å². The third-order valence-electron chi connectivity index (χ3n) is 8.05. The molecule has 0 fully saturated rings. The van der Waals surface area contributed by atoms with Gasteiger partial charge < -0.3 is 8.83 Å². The summed E-state index contributed by atoms with van der Waals surface area (Å²) in [5.74, 6) is 3.76. The fourth-order valence-electron chi connectivity index (χ4n) is 5.95. The number of aryl methyl sites for hydroxylation is 3. The van der Waals surface area contributed by atoms with Gasteiger partial charge in [-0.05, 0) is 61.7 Å². The van der Waals surface area contributed by atoms with Crippen LogP contribution in [-0.2, 0) is 26.2 Å². The maximum Gasteiger partial charge on any atom is 2.00 e. The maximum atomic E-state index is 5.77. The van der Waals surface area contributed by atoms with Gasteiger partial charge in [-0.15, -0.1) is 57.9 Å². The molecule has 2 aromatic heterocycles. The Balaban J connectivity index is 0.000000153. The van der Waals surface area contributed by atoms with Gasteiger partial charge in [0.1, 0.15) is 0 Å². The minimum Gasteiger partial charge on any atom is -0.496 e. The van der Waals surface area contributed by atoms with E-state index in [-0.39, 0.29) is 26.2 Å². The molecule has 0 saturated carbocycles. The van der Waals surface area contributed by atoms with Crippen molar-refractivity contribution in [2.24, 2.45) is 0 Å². The molecule has 0 aliphatic rings. The van der Waals surface area contributed by atoms with Crippen molar-refractivity contribution in [2.75, 3.05) is 0 Å². The van der Waals surface area contributed by atoms with E-state index in [0.29, 0.717) is 0 Å². The van der Waals surface area contributed by atoms with E-state index >= 15 is 0 Å². The zero-order chi connectivity index (χ0) is 29.3. The smallest absolute Gasteiger partial charge is 0.496 e. The van der Waals surface area contributed by atoms with Crippen LogP contribution in [0, 0.1) is 20.8 Å². The Bertz CT molecular complexity index is 2150. The predicted molar refractivity (Wildman–Crippen MR) is 180 cm³/mol. The topological polar surface area (TPSA) is 26.3 Å². The summed E-state index contributed by atoms with van der Waals surface area (Å²) in [6, 6.07) is 48.9. The minimum absolute atomic E-state index is 0. The van der Waals surface area contributed by atoms with E-state index in [1.165, 1.54) is 49.4 Å². The fraction of sp³-hybridized carbons (Fsp3) is 0.0732. The number of furan rings is 2. The Labute approximate surface area is 277 Å².